The fourth-order valence-electron chi connectivity index (χ4n) is 6.76. The molecule has 3 aliphatic heterocycles. The number of hydrogen-bond donors (Lipinski definition) is 3. The Kier molecular flexibility index (Phi) is 6.29. The molecule has 3 N–H and O–H groups in total. The number of ether oxygens (including phenoxy) is 1. The number of nitrogens with zero attached hydrogens (tertiary/aromatic N) is 1. The summed E-state index contributed by atoms with van der Waals surface area (Å²) in [6.07, 6.45) is 1.64. The molecule has 6 atom stereocenters. The largest absolute Gasteiger partial charge is 0.396 e. The van der Waals surface area contributed by atoms with E-state index in [4.69, 9.17) is 4.74 Å². The molecule has 0 saturated carbocycles. The van der Waals surface area contributed by atoms with E-state index in [1.165, 1.54) is 4.90 Å². The van der Waals surface area contributed by atoms with Gasteiger partial charge in [-0.3, -0.25) is 14.4 Å². The van der Waals surface area contributed by atoms with Crippen LogP contribution in [0.1, 0.15) is 40.0 Å². The smallest absolute Gasteiger partial charge is 0.250 e. The Labute approximate surface area is 211 Å². The van der Waals surface area contributed by atoms with Crippen LogP contribution < -0.4 is 10.6 Å². The first-order valence-corrected chi connectivity index (χ1v) is 13.0. The number of benzene rings is 2. The molecule has 192 valence electrons. The molecular formula is C28H35N3O5. The molecule has 3 saturated heterocycles. The van der Waals surface area contributed by atoms with E-state index in [9.17, 15) is 19.5 Å². The van der Waals surface area contributed by atoms with Crippen LogP contribution in [-0.2, 0) is 19.1 Å². The average Bonchev–Trinajstić information content (AvgIpc) is 3.37. The lowest BCUT2D eigenvalue weighted by Gasteiger charge is -2.36. The molecule has 3 unspecified atom stereocenters. The molecule has 3 amide bonds. The maximum atomic E-state index is 13.9. The zero-order valence-corrected chi connectivity index (χ0v) is 21.1. The third-order valence-corrected chi connectivity index (χ3v) is 8.47. The van der Waals surface area contributed by atoms with Crippen molar-refractivity contribution in [2.45, 2.75) is 57.3 Å². The molecule has 0 aliphatic carbocycles. The molecule has 2 bridgehead atoms. The number of nitrogens with one attached hydrogen (secondary N) is 2. The fourth-order valence-corrected chi connectivity index (χ4v) is 6.76. The van der Waals surface area contributed by atoms with Crippen molar-refractivity contribution < 1.29 is 24.2 Å². The van der Waals surface area contributed by atoms with Gasteiger partial charge in [-0.2, -0.15) is 0 Å². The Balaban J connectivity index is 1.51. The van der Waals surface area contributed by atoms with Crippen LogP contribution in [0, 0.1) is 17.8 Å². The van der Waals surface area contributed by atoms with E-state index >= 15 is 0 Å². The zero-order chi connectivity index (χ0) is 25.7. The first-order valence-electron chi connectivity index (χ1n) is 13.0. The van der Waals surface area contributed by atoms with E-state index in [-0.39, 0.29) is 36.8 Å². The highest BCUT2D eigenvalue weighted by molar-refractivity contribution is 6.04. The van der Waals surface area contributed by atoms with Crippen molar-refractivity contribution in [1.29, 1.82) is 0 Å². The zero-order valence-electron chi connectivity index (χ0n) is 21.1. The summed E-state index contributed by atoms with van der Waals surface area (Å²) in [5.41, 5.74) is -1.28. The SMILES string of the molecule is CCCNC(=O)[C@H]1[C@H]2C(=O)N(CCCO)C(C(=O)Nc3ccc4ccccc4c3)C23CC(C)[C@]1(C)O3. The van der Waals surface area contributed by atoms with E-state index in [0.29, 0.717) is 25.1 Å². The normalized spacial score (nSPS) is 32.7. The van der Waals surface area contributed by atoms with Gasteiger partial charge >= 0.3 is 0 Å². The highest BCUT2D eigenvalue weighted by atomic mass is 16.5. The summed E-state index contributed by atoms with van der Waals surface area (Å²) in [6.45, 7) is 6.56. The number of fused-ring (bicyclic) bond motifs is 2. The summed E-state index contributed by atoms with van der Waals surface area (Å²) < 4.78 is 6.67. The second-order valence-electron chi connectivity index (χ2n) is 10.7. The van der Waals surface area contributed by atoms with Gasteiger partial charge in [-0.05, 0) is 55.0 Å². The molecule has 2 aromatic carbocycles. The maximum Gasteiger partial charge on any atom is 0.250 e. The van der Waals surface area contributed by atoms with Crippen LogP contribution in [0.5, 0.6) is 0 Å². The predicted octanol–water partition coefficient (Wildman–Crippen LogP) is 2.70. The molecule has 3 heterocycles. The van der Waals surface area contributed by atoms with Crippen LogP contribution in [0.4, 0.5) is 5.69 Å². The quantitative estimate of drug-likeness (QED) is 0.524. The lowest BCUT2D eigenvalue weighted by molar-refractivity contribution is -0.146. The second kappa shape index (κ2) is 9.16. The van der Waals surface area contributed by atoms with E-state index in [2.05, 4.69) is 10.6 Å². The van der Waals surface area contributed by atoms with Crippen LogP contribution in [0.25, 0.3) is 10.8 Å². The van der Waals surface area contributed by atoms with Gasteiger partial charge in [0.2, 0.25) is 17.7 Å². The number of anilines is 1. The van der Waals surface area contributed by atoms with Gasteiger partial charge < -0.3 is 25.4 Å². The van der Waals surface area contributed by atoms with Gasteiger partial charge in [0.05, 0.1) is 17.4 Å². The number of aliphatic hydroxyl groups is 1. The van der Waals surface area contributed by atoms with Gasteiger partial charge in [0.1, 0.15) is 11.6 Å². The topological polar surface area (TPSA) is 108 Å². The van der Waals surface area contributed by atoms with Crippen LogP contribution in [0.2, 0.25) is 0 Å². The molecule has 3 aliphatic rings. The number of hydrogen-bond acceptors (Lipinski definition) is 5. The van der Waals surface area contributed by atoms with Crippen LogP contribution in [0.15, 0.2) is 42.5 Å². The molecule has 1 spiro atoms. The minimum Gasteiger partial charge on any atom is -0.396 e. The van der Waals surface area contributed by atoms with Crippen molar-refractivity contribution in [2.75, 3.05) is 25.0 Å². The summed E-state index contributed by atoms with van der Waals surface area (Å²) in [5, 5.41) is 17.5. The highest BCUT2D eigenvalue weighted by Gasteiger charge is 2.79. The minimum absolute atomic E-state index is 0.00677. The Morgan fingerprint density at radius 1 is 1.17 bits per heavy atom. The molecule has 5 rings (SSSR count). The monoisotopic (exact) mass is 493 g/mol. The third-order valence-electron chi connectivity index (χ3n) is 8.47. The summed E-state index contributed by atoms with van der Waals surface area (Å²) in [5.74, 6) is -2.17. The first kappa shape index (κ1) is 24.7. The van der Waals surface area contributed by atoms with Gasteiger partial charge in [0.15, 0.2) is 0 Å². The number of rotatable bonds is 8. The number of carbonyl (C=O) groups excluding carboxylic acids is 3. The van der Waals surface area contributed by atoms with Gasteiger partial charge in [-0.15, -0.1) is 0 Å². The lowest BCUT2D eigenvalue weighted by Crippen LogP contribution is -2.54. The van der Waals surface area contributed by atoms with Crippen molar-refractivity contribution >= 4 is 34.2 Å². The minimum atomic E-state index is -1.09. The summed E-state index contributed by atoms with van der Waals surface area (Å²) in [4.78, 5) is 42.6. The van der Waals surface area contributed by atoms with E-state index < -0.39 is 29.1 Å². The summed E-state index contributed by atoms with van der Waals surface area (Å²) in [6, 6.07) is 12.7. The van der Waals surface area contributed by atoms with E-state index in [0.717, 1.165) is 17.2 Å². The first-order chi connectivity index (χ1) is 17.3. The van der Waals surface area contributed by atoms with Crippen LogP contribution >= 0.6 is 0 Å². The summed E-state index contributed by atoms with van der Waals surface area (Å²) >= 11 is 0. The number of aliphatic hydroxyl groups excluding tert-OH is 1. The van der Waals surface area contributed by atoms with Crippen molar-refractivity contribution in [3.05, 3.63) is 42.5 Å². The van der Waals surface area contributed by atoms with E-state index in [1.807, 2.05) is 63.2 Å². The van der Waals surface area contributed by atoms with Gasteiger partial charge in [-0.25, -0.2) is 0 Å². The van der Waals surface area contributed by atoms with Gasteiger partial charge in [0.25, 0.3) is 0 Å². The lowest BCUT2D eigenvalue weighted by atomic mass is 9.62. The molecule has 36 heavy (non-hydrogen) atoms. The number of carbonyl (C=O) groups is 3. The average molecular weight is 494 g/mol. The van der Waals surface area contributed by atoms with Crippen molar-refractivity contribution in [1.82, 2.24) is 10.2 Å². The van der Waals surface area contributed by atoms with Gasteiger partial charge in [0, 0.05) is 25.4 Å². The molecule has 0 aromatic heterocycles. The molecule has 3 fully saturated rings. The molecule has 8 nitrogen and oxygen atoms in total. The standard InChI is InChI=1S/C28H35N3O5/c1-4-12-29-24(33)21-22-26(35)31(13-7-14-32)23(28(22)16-17(2)27(21,3)36-28)25(34)30-20-11-10-18-8-5-6-9-19(18)15-20/h5-6,8-11,15,17,21-23,32H,4,7,12-14,16H2,1-3H3,(H,29,33)(H,30,34)/t17?,21-,22+,23?,27+,28?/m1/s1. The number of amides is 3. The van der Waals surface area contributed by atoms with Crippen LogP contribution in [0.3, 0.4) is 0 Å². The van der Waals surface area contributed by atoms with Gasteiger partial charge in [-0.1, -0.05) is 44.2 Å². The molecular weight excluding hydrogens is 458 g/mol. The molecule has 8 heteroatoms. The van der Waals surface area contributed by atoms with Crippen molar-refractivity contribution in [2.24, 2.45) is 17.8 Å². The highest BCUT2D eigenvalue weighted by Crippen LogP contribution is 2.65. The van der Waals surface area contributed by atoms with Crippen LogP contribution in [-0.4, -0.2) is 64.7 Å². The third kappa shape index (κ3) is 3.61. The summed E-state index contributed by atoms with van der Waals surface area (Å²) in [7, 11) is 0. The van der Waals surface area contributed by atoms with E-state index in [1.54, 1.807) is 0 Å². The number of likely N-dealkylation sites (tertiary alicyclic amines) is 1. The second-order valence-corrected chi connectivity index (χ2v) is 10.7. The molecule has 0 radical (unpaired) electrons. The Bertz CT molecular complexity index is 1200. The van der Waals surface area contributed by atoms with Crippen molar-refractivity contribution in [3.63, 3.8) is 0 Å². The predicted molar refractivity (Wildman–Crippen MR) is 136 cm³/mol. The van der Waals surface area contributed by atoms with Crippen molar-refractivity contribution in [3.8, 4) is 0 Å². The Hall–Kier alpha value is -2.97. The molecule has 2 aromatic rings. The fraction of sp³-hybridized carbons (Fsp3) is 0.536. The maximum absolute atomic E-state index is 13.9. The Morgan fingerprint density at radius 3 is 2.64 bits per heavy atom. The Morgan fingerprint density at radius 2 is 1.92 bits per heavy atom.